The van der Waals surface area contributed by atoms with Gasteiger partial charge >= 0.3 is 0 Å². The summed E-state index contributed by atoms with van der Waals surface area (Å²) in [5.74, 6) is 0.693. The normalized spacial score (nSPS) is 13.5. The first kappa shape index (κ1) is 17.6. The third-order valence-electron chi connectivity index (χ3n) is 4.46. The van der Waals surface area contributed by atoms with Gasteiger partial charge in [0, 0.05) is 11.1 Å². The number of aliphatic hydroxyl groups is 1. The maximum absolute atomic E-state index is 10.1. The predicted molar refractivity (Wildman–Crippen MR) is 101 cm³/mol. The molecular weight excluding hydrogens is 312 g/mol. The van der Waals surface area contributed by atoms with Crippen LogP contribution in [0.15, 0.2) is 53.7 Å². The van der Waals surface area contributed by atoms with Crippen molar-refractivity contribution in [1.82, 2.24) is 0 Å². The van der Waals surface area contributed by atoms with Crippen LogP contribution in [-0.4, -0.2) is 36.6 Å². The Bertz CT molecular complexity index is 693. The Morgan fingerprint density at radius 3 is 2.08 bits per heavy atom. The fourth-order valence-corrected chi connectivity index (χ4v) is 3.11. The van der Waals surface area contributed by atoms with Gasteiger partial charge < -0.3 is 15.3 Å². The van der Waals surface area contributed by atoms with Crippen molar-refractivity contribution in [3.8, 4) is 11.1 Å². The number of nitrogens with two attached hydrogens (primary N) is 1. The maximum Gasteiger partial charge on any atom is 0.148 e. The molecule has 0 aromatic heterocycles. The Labute approximate surface area is 149 Å². The zero-order valence-electron chi connectivity index (χ0n) is 15.0. The number of fused-ring (bicyclic) bond motifs is 3. The molecule has 132 valence electrons. The van der Waals surface area contributed by atoms with Crippen LogP contribution in [0, 0.1) is 5.92 Å². The lowest BCUT2D eigenvalue weighted by molar-refractivity contribution is -0.662. The van der Waals surface area contributed by atoms with E-state index in [1.165, 1.54) is 11.1 Å². The molecule has 1 atom stereocenters. The van der Waals surface area contributed by atoms with Gasteiger partial charge in [0.2, 0.25) is 0 Å². The van der Waals surface area contributed by atoms with Crippen molar-refractivity contribution in [2.45, 2.75) is 26.4 Å². The number of benzene rings is 2. The smallest absolute Gasteiger partial charge is 0.148 e. The minimum absolute atomic E-state index is 0.214. The predicted octanol–water partition coefficient (Wildman–Crippen LogP) is 2.41. The number of nitrogens with zero attached hydrogens (tertiary/aromatic N) is 1. The van der Waals surface area contributed by atoms with E-state index in [4.69, 9.17) is 4.84 Å². The van der Waals surface area contributed by atoms with Crippen LogP contribution in [0.1, 0.15) is 31.4 Å². The van der Waals surface area contributed by atoms with E-state index in [1.807, 2.05) is 24.3 Å². The van der Waals surface area contributed by atoms with Crippen LogP contribution < -0.4 is 5.32 Å². The van der Waals surface area contributed by atoms with Gasteiger partial charge in [-0.05, 0) is 23.5 Å². The van der Waals surface area contributed by atoms with Crippen LogP contribution in [0.4, 0.5) is 0 Å². The highest BCUT2D eigenvalue weighted by atomic mass is 16.6. The second-order valence-corrected chi connectivity index (χ2v) is 6.98. The lowest BCUT2D eigenvalue weighted by Crippen LogP contribution is -2.86. The van der Waals surface area contributed by atoms with Gasteiger partial charge in [0.15, 0.2) is 0 Å². The Kier molecular flexibility index (Phi) is 5.84. The Morgan fingerprint density at radius 1 is 0.960 bits per heavy atom. The van der Waals surface area contributed by atoms with E-state index in [9.17, 15) is 5.11 Å². The number of oxime groups is 1. The zero-order chi connectivity index (χ0) is 17.6. The lowest BCUT2D eigenvalue weighted by atomic mass is 10.1. The summed E-state index contributed by atoms with van der Waals surface area (Å²) in [6.07, 6.45) is 0.645. The van der Waals surface area contributed by atoms with Gasteiger partial charge in [0.25, 0.3) is 0 Å². The summed E-state index contributed by atoms with van der Waals surface area (Å²) in [5.41, 5.74) is 5.39. The van der Waals surface area contributed by atoms with E-state index >= 15 is 0 Å². The van der Waals surface area contributed by atoms with Gasteiger partial charge in [-0.1, -0.05) is 67.5 Å². The summed E-state index contributed by atoms with van der Waals surface area (Å²) >= 11 is 0. The van der Waals surface area contributed by atoms with Crippen molar-refractivity contribution < 1.29 is 15.3 Å². The minimum atomic E-state index is -0.511. The van der Waals surface area contributed by atoms with Crippen LogP contribution in [-0.2, 0) is 4.84 Å². The van der Waals surface area contributed by atoms with Crippen LogP contribution in [0.5, 0.6) is 0 Å². The van der Waals surface area contributed by atoms with Crippen LogP contribution >= 0.6 is 0 Å². The third kappa shape index (κ3) is 4.27. The van der Waals surface area contributed by atoms with E-state index < -0.39 is 6.10 Å². The second kappa shape index (κ2) is 8.28. The summed E-state index contributed by atoms with van der Waals surface area (Å²) in [4.78, 5) is 5.49. The maximum atomic E-state index is 10.1. The number of aliphatic hydroxyl groups excluding tert-OH is 1. The molecule has 0 unspecified atom stereocenters. The first-order valence-electron chi connectivity index (χ1n) is 9.05. The minimum Gasteiger partial charge on any atom is -0.392 e. The molecule has 0 saturated heterocycles. The van der Waals surface area contributed by atoms with Gasteiger partial charge in [0.1, 0.15) is 25.0 Å². The first-order chi connectivity index (χ1) is 12.2. The lowest BCUT2D eigenvalue weighted by Gasteiger charge is -2.10. The highest BCUT2D eigenvalue weighted by Crippen LogP contribution is 2.36. The van der Waals surface area contributed by atoms with Crippen molar-refractivity contribution in [2.24, 2.45) is 11.1 Å². The highest BCUT2D eigenvalue weighted by Gasteiger charge is 2.24. The average Bonchev–Trinajstić information content (AvgIpc) is 2.93. The van der Waals surface area contributed by atoms with Gasteiger partial charge in [-0.2, -0.15) is 0 Å². The molecule has 0 bridgehead atoms. The summed E-state index contributed by atoms with van der Waals surface area (Å²) in [6.45, 7) is 6.31. The molecule has 0 spiro atoms. The van der Waals surface area contributed by atoms with Crippen LogP contribution in [0.25, 0.3) is 11.1 Å². The van der Waals surface area contributed by atoms with Crippen molar-refractivity contribution >= 4 is 5.71 Å². The Morgan fingerprint density at radius 2 is 1.52 bits per heavy atom. The topological polar surface area (TPSA) is 58.4 Å². The van der Waals surface area contributed by atoms with E-state index in [-0.39, 0.29) is 6.61 Å². The number of hydrogen-bond acceptors (Lipinski definition) is 3. The van der Waals surface area contributed by atoms with E-state index in [0.29, 0.717) is 12.5 Å². The van der Waals surface area contributed by atoms with Gasteiger partial charge in [-0.15, -0.1) is 0 Å². The molecule has 25 heavy (non-hydrogen) atoms. The molecule has 2 aromatic carbocycles. The van der Waals surface area contributed by atoms with Crippen LogP contribution in [0.2, 0.25) is 0 Å². The van der Waals surface area contributed by atoms with Gasteiger partial charge in [0.05, 0.1) is 6.54 Å². The summed E-state index contributed by atoms with van der Waals surface area (Å²) < 4.78 is 0. The van der Waals surface area contributed by atoms with E-state index in [2.05, 4.69) is 48.6 Å². The molecule has 0 radical (unpaired) electrons. The Hall–Kier alpha value is -2.17. The van der Waals surface area contributed by atoms with E-state index in [1.54, 1.807) is 0 Å². The standard InChI is InChI=1S/C21H26N2O2/c1-15(2)11-12-22-13-16(24)14-25-23-21-19-9-5-3-7-17(19)18-8-4-6-10-20(18)21/h3-10,15-16,22,24H,11-14H2,1-2H3/p+1/t16-/m1/s1. The monoisotopic (exact) mass is 339 g/mol. The second-order valence-electron chi connectivity index (χ2n) is 6.98. The molecule has 0 aliphatic heterocycles. The largest absolute Gasteiger partial charge is 0.392 e. The molecule has 3 rings (SSSR count). The van der Waals surface area contributed by atoms with Gasteiger partial charge in [-0.3, -0.25) is 0 Å². The summed E-state index contributed by atoms with van der Waals surface area (Å²) in [7, 11) is 0. The molecular formula is C21H27N2O2+. The molecule has 4 nitrogen and oxygen atoms in total. The molecule has 1 aliphatic rings. The quantitative estimate of drug-likeness (QED) is 0.489. The number of quaternary nitrogens is 1. The van der Waals surface area contributed by atoms with Crippen molar-refractivity contribution in [1.29, 1.82) is 0 Å². The molecule has 4 heteroatoms. The van der Waals surface area contributed by atoms with Crippen LogP contribution in [0.3, 0.4) is 0 Å². The van der Waals surface area contributed by atoms with E-state index in [0.717, 1.165) is 29.8 Å². The summed E-state index contributed by atoms with van der Waals surface area (Å²) in [5, 5.41) is 16.5. The van der Waals surface area contributed by atoms with Crippen molar-refractivity contribution in [3.63, 3.8) is 0 Å². The fourth-order valence-electron chi connectivity index (χ4n) is 3.11. The van der Waals surface area contributed by atoms with Crippen molar-refractivity contribution in [2.75, 3.05) is 19.7 Å². The van der Waals surface area contributed by atoms with Gasteiger partial charge in [-0.25, -0.2) is 0 Å². The van der Waals surface area contributed by atoms with Crippen molar-refractivity contribution in [3.05, 3.63) is 59.7 Å². The SMILES string of the molecule is CC(C)CC[NH2+]C[C@@H](O)CON=C1c2ccccc2-c2ccccc21. The third-order valence-corrected chi connectivity index (χ3v) is 4.46. The molecule has 0 saturated carbocycles. The highest BCUT2D eigenvalue weighted by molar-refractivity contribution is 6.24. The molecule has 0 amide bonds. The molecule has 0 fully saturated rings. The average molecular weight is 339 g/mol. The number of hydrogen-bond donors (Lipinski definition) is 2. The molecule has 0 heterocycles. The zero-order valence-corrected chi connectivity index (χ0v) is 15.0. The molecule has 3 N–H and O–H groups in total. The number of rotatable bonds is 8. The Balaban J connectivity index is 1.60. The fraction of sp³-hybridized carbons (Fsp3) is 0.381. The molecule has 1 aliphatic carbocycles. The summed E-state index contributed by atoms with van der Waals surface area (Å²) in [6, 6.07) is 16.4. The first-order valence-corrected chi connectivity index (χ1v) is 9.05. The molecule has 2 aromatic rings.